The molecule has 0 spiro atoms. The minimum Gasteiger partial charge on any atom is -0.460 e. The Hall–Kier alpha value is -1.25. The van der Waals surface area contributed by atoms with Crippen LogP contribution in [0.5, 0.6) is 0 Å². The minimum atomic E-state index is 0.501. The van der Waals surface area contributed by atoms with Crippen molar-refractivity contribution in [1.29, 1.82) is 0 Å². The van der Waals surface area contributed by atoms with Gasteiger partial charge in [-0.05, 0) is 44.0 Å². The van der Waals surface area contributed by atoms with Crippen LogP contribution >= 0.6 is 11.6 Å². The Labute approximate surface area is 119 Å². The van der Waals surface area contributed by atoms with Crippen LogP contribution in [-0.2, 0) is 6.54 Å². The van der Waals surface area contributed by atoms with Gasteiger partial charge in [0.2, 0.25) is 0 Å². The molecule has 0 fully saturated rings. The first kappa shape index (κ1) is 14.2. The summed E-state index contributed by atoms with van der Waals surface area (Å²) in [7, 11) is 0. The fraction of sp³-hybridized carbons (Fsp3) is 0.375. The van der Waals surface area contributed by atoms with E-state index in [4.69, 9.17) is 16.0 Å². The molecule has 0 unspecified atom stereocenters. The van der Waals surface area contributed by atoms with Crippen molar-refractivity contribution >= 4 is 11.6 Å². The second-order valence-electron chi connectivity index (χ2n) is 4.87. The van der Waals surface area contributed by atoms with Gasteiger partial charge >= 0.3 is 0 Å². The molecule has 2 nitrogen and oxygen atoms in total. The van der Waals surface area contributed by atoms with Gasteiger partial charge in [0.1, 0.15) is 11.5 Å². The standard InChI is InChI=1S/C16H20ClNO/c1-4-11(2)18-10-13-8-9-16(19-13)14-6-5-7-15(17)12(14)3/h5-9,11,18H,4,10H2,1-3H3/t11-/m1/s1. The summed E-state index contributed by atoms with van der Waals surface area (Å²) >= 11 is 6.14. The summed E-state index contributed by atoms with van der Waals surface area (Å²) in [5.74, 6) is 1.83. The van der Waals surface area contributed by atoms with E-state index in [1.54, 1.807) is 0 Å². The fourth-order valence-electron chi connectivity index (χ4n) is 1.91. The van der Waals surface area contributed by atoms with Gasteiger partial charge in [-0.2, -0.15) is 0 Å². The van der Waals surface area contributed by atoms with Crippen LogP contribution in [0.1, 0.15) is 31.6 Å². The highest BCUT2D eigenvalue weighted by molar-refractivity contribution is 6.31. The molecule has 102 valence electrons. The van der Waals surface area contributed by atoms with Crippen molar-refractivity contribution in [3.8, 4) is 11.3 Å². The lowest BCUT2D eigenvalue weighted by Crippen LogP contribution is -2.24. The molecule has 2 rings (SSSR count). The minimum absolute atomic E-state index is 0.501. The third-order valence-electron chi connectivity index (χ3n) is 3.43. The maximum absolute atomic E-state index is 6.14. The van der Waals surface area contributed by atoms with Crippen LogP contribution < -0.4 is 5.32 Å². The summed E-state index contributed by atoms with van der Waals surface area (Å²) < 4.78 is 5.88. The van der Waals surface area contributed by atoms with Crippen LogP contribution in [0.25, 0.3) is 11.3 Å². The third-order valence-corrected chi connectivity index (χ3v) is 3.84. The molecular formula is C16H20ClNO. The Kier molecular flexibility index (Phi) is 4.67. The smallest absolute Gasteiger partial charge is 0.134 e. The summed E-state index contributed by atoms with van der Waals surface area (Å²) in [5.41, 5.74) is 2.11. The molecule has 0 bridgehead atoms. The first-order chi connectivity index (χ1) is 9.11. The number of rotatable bonds is 5. The lowest BCUT2D eigenvalue weighted by molar-refractivity contribution is 0.456. The number of hydrogen-bond acceptors (Lipinski definition) is 2. The van der Waals surface area contributed by atoms with Crippen molar-refractivity contribution in [3.63, 3.8) is 0 Å². The normalized spacial score (nSPS) is 12.6. The maximum Gasteiger partial charge on any atom is 0.134 e. The van der Waals surface area contributed by atoms with E-state index in [1.807, 2.05) is 37.3 Å². The van der Waals surface area contributed by atoms with Crippen molar-refractivity contribution in [2.45, 2.75) is 39.8 Å². The van der Waals surface area contributed by atoms with E-state index < -0.39 is 0 Å². The molecule has 1 N–H and O–H groups in total. The van der Waals surface area contributed by atoms with Crippen molar-refractivity contribution in [2.24, 2.45) is 0 Å². The molecule has 0 saturated heterocycles. The van der Waals surface area contributed by atoms with Gasteiger partial charge in [-0.25, -0.2) is 0 Å². The molecule has 1 aromatic carbocycles. The van der Waals surface area contributed by atoms with Gasteiger partial charge < -0.3 is 9.73 Å². The summed E-state index contributed by atoms with van der Waals surface area (Å²) in [5, 5.41) is 4.19. The predicted octanol–water partition coefficient (Wildman–Crippen LogP) is 4.80. The van der Waals surface area contributed by atoms with Gasteiger partial charge in [0.25, 0.3) is 0 Å². The summed E-state index contributed by atoms with van der Waals surface area (Å²) in [6.45, 7) is 7.11. The lowest BCUT2D eigenvalue weighted by atomic mass is 10.1. The molecule has 3 heteroatoms. The van der Waals surface area contributed by atoms with E-state index in [9.17, 15) is 0 Å². The summed E-state index contributed by atoms with van der Waals surface area (Å²) in [6, 6.07) is 10.4. The molecule has 0 saturated carbocycles. The average Bonchev–Trinajstić information content (AvgIpc) is 2.87. The second-order valence-corrected chi connectivity index (χ2v) is 5.28. The van der Waals surface area contributed by atoms with Gasteiger partial charge in [-0.3, -0.25) is 0 Å². The van der Waals surface area contributed by atoms with E-state index in [0.717, 1.165) is 40.6 Å². The maximum atomic E-state index is 6.14. The molecule has 1 heterocycles. The molecule has 2 aromatic rings. The molecule has 0 aliphatic carbocycles. The van der Waals surface area contributed by atoms with Gasteiger partial charge in [-0.15, -0.1) is 0 Å². The Balaban J connectivity index is 2.14. The topological polar surface area (TPSA) is 25.2 Å². The lowest BCUT2D eigenvalue weighted by Gasteiger charge is -2.09. The largest absolute Gasteiger partial charge is 0.460 e. The predicted molar refractivity (Wildman–Crippen MR) is 80.5 cm³/mol. The quantitative estimate of drug-likeness (QED) is 0.849. The Morgan fingerprint density at radius 3 is 2.79 bits per heavy atom. The Bertz CT molecular complexity index is 547. The molecule has 1 atom stereocenters. The SMILES string of the molecule is CC[C@@H](C)NCc1ccc(-c2cccc(Cl)c2C)o1. The molecule has 0 amide bonds. The summed E-state index contributed by atoms with van der Waals surface area (Å²) in [6.07, 6.45) is 1.11. The van der Waals surface area contributed by atoms with E-state index in [-0.39, 0.29) is 0 Å². The molecule has 0 aliphatic rings. The van der Waals surface area contributed by atoms with E-state index >= 15 is 0 Å². The number of furan rings is 1. The van der Waals surface area contributed by atoms with Gasteiger partial charge in [0.05, 0.1) is 6.54 Å². The highest BCUT2D eigenvalue weighted by Crippen LogP contribution is 2.29. The zero-order valence-corrected chi connectivity index (χ0v) is 12.4. The van der Waals surface area contributed by atoms with Crippen molar-refractivity contribution in [1.82, 2.24) is 5.32 Å². The van der Waals surface area contributed by atoms with E-state index in [0.29, 0.717) is 6.04 Å². The average molecular weight is 278 g/mol. The van der Waals surface area contributed by atoms with E-state index in [1.165, 1.54) is 0 Å². The van der Waals surface area contributed by atoms with Crippen LogP contribution in [-0.4, -0.2) is 6.04 Å². The molecule has 19 heavy (non-hydrogen) atoms. The monoisotopic (exact) mass is 277 g/mol. The fourth-order valence-corrected chi connectivity index (χ4v) is 2.09. The van der Waals surface area contributed by atoms with Crippen LogP contribution in [0.4, 0.5) is 0 Å². The van der Waals surface area contributed by atoms with Gasteiger partial charge in [0.15, 0.2) is 0 Å². The number of benzene rings is 1. The van der Waals surface area contributed by atoms with Crippen LogP contribution in [0, 0.1) is 6.92 Å². The Morgan fingerprint density at radius 2 is 2.05 bits per heavy atom. The van der Waals surface area contributed by atoms with Crippen LogP contribution in [0.3, 0.4) is 0 Å². The number of hydrogen-bond donors (Lipinski definition) is 1. The van der Waals surface area contributed by atoms with Crippen molar-refractivity contribution < 1.29 is 4.42 Å². The highest BCUT2D eigenvalue weighted by atomic mass is 35.5. The van der Waals surface area contributed by atoms with Crippen LogP contribution in [0.2, 0.25) is 5.02 Å². The highest BCUT2D eigenvalue weighted by Gasteiger charge is 2.09. The van der Waals surface area contributed by atoms with Gasteiger partial charge in [0, 0.05) is 16.6 Å². The molecule has 1 aromatic heterocycles. The zero-order valence-electron chi connectivity index (χ0n) is 11.7. The van der Waals surface area contributed by atoms with Gasteiger partial charge in [-0.1, -0.05) is 30.7 Å². The second kappa shape index (κ2) is 6.27. The molecule has 0 radical (unpaired) electrons. The zero-order chi connectivity index (χ0) is 13.8. The number of halogens is 1. The molecular weight excluding hydrogens is 258 g/mol. The number of nitrogens with one attached hydrogen (secondary N) is 1. The third kappa shape index (κ3) is 3.40. The Morgan fingerprint density at radius 1 is 1.26 bits per heavy atom. The molecule has 0 aliphatic heterocycles. The first-order valence-electron chi connectivity index (χ1n) is 6.69. The summed E-state index contributed by atoms with van der Waals surface area (Å²) in [4.78, 5) is 0. The van der Waals surface area contributed by atoms with Crippen LogP contribution in [0.15, 0.2) is 34.7 Å². The van der Waals surface area contributed by atoms with Crippen molar-refractivity contribution in [2.75, 3.05) is 0 Å². The van der Waals surface area contributed by atoms with Crippen molar-refractivity contribution in [3.05, 3.63) is 46.7 Å². The van der Waals surface area contributed by atoms with E-state index in [2.05, 4.69) is 19.2 Å². The first-order valence-corrected chi connectivity index (χ1v) is 7.07.